The molecule has 5 rings (SSSR count). The van der Waals surface area contributed by atoms with E-state index < -0.39 is 34.4 Å². The Morgan fingerprint density at radius 2 is 1.95 bits per heavy atom. The summed E-state index contributed by atoms with van der Waals surface area (Å²) in [5, 5.41) is 12.6. The van der Waals surface area contributed by atoms with E-state index in [9.17, 15) is 23.5 Å². The number of thiophene rings is 1. The van der Waals surface area contributed by atoms with E-state index in [1.54, 1.807) is 0 Å². The number of methoxy groups -OCH3 is 1. The molecular formula is C26H22ClF3N2O4S. The Bertz CT molecular complexity index is 1600. The second-order valence-electron chi connectivity index (χ2n) is 8.53. The minimum Gasteiger partial charge on any atom is -0.494 e. The highest BCUT2D eigenvalue weighted by atomic mass is 35.5. The first-order valence-corrected chi connectivity index (χ1v) is 12.0. The molecule has 1 aliphatic rings. The second-order valence-corrected chi connectivity index (χ2v) is 9.67. The van der Waals surface area contributed by atoms with E-state index in [0.29, 0.717) is 10.9 Å². The summed E-state index contributed by atoms with van der Waals surface area (Å²) < 4.78 is 50.9. The number of carbonyl (C=O) groups is 1. The van der Waals surface area contributed by atoms with E-state index in [1.807, 2.05) is 13.1 Å². The van der Waals surface area contributed by atoms with Gasteiger partial charge in [-0.05, 0) is 56.1 Å². The minimum absolute atomic E-state index is 0. The van der Waals surface area contributed by atoms with Crippen molar-refractivity contribution in [3.05, 3.63) is 80.2 Å². The van der Waals surface area contributed by atoms with Gasteiger partial charge in [-0.3, -0.25) is 4.79 Å². The summed E-state index contributed by atoms with van der Waals surface area (Å²) in [4.78, 5) is 26.5. The van der Waals surface area contributed by atoms with E-state index in [1.165, 1.54) is 18.4 Å². The maximum Gasteiger partial charge on any atom is 0.341 e. The van der Waals surface area contributed by atoms with Crippen LogP contribution in [-0.2, 0) is 6.42 Å². The van der Waals surface area contributed by atoms with Crippen molar-refractivity contribution in [2.75, 3.05) is 14.2 Å². The van der Waals surface area contributed by atoms with Crippen LogP contribution in [0.2, 0.25) is 0 Å². The highest BCUT2D eigenvalue weighted by Gasteiger charge is 2.28. The lowest BCUT2D eigenvalue weighted by Gasteiger charge is -2.21. The van der Waals surface area contributed by atoms with Crippen LogP contribution < -0.4 is 15.5 Å². The van der Waals surface area contributed by atoms with Crippen LogP contribution in [0.25, 0.3) is 27.0 Å². The predicted molar refractivity (Wildman–Crippen MR) is 138 cm³/mol. The Morgan fingerprint density at radius 3 is 2.59 bits per heavy atom. The summed E-state index contributed by atoms with van der Waals surface area (Å²) in [6, 6.07) is 5.72. The first-order valence-electron chi connectivity index (χ1n) is 11.2. The molecule has 0 bridgehead atoms. The summed E-state index contributed by atoms with van der Waals surface area (Å²) in [5.41, 5.74) is -0.734. The zero-order chi connectivity index (χ0) is 25.7. The molecule has 1 aliphatic carbocycles. The number of benzene rings is 2. The van der Waals surface area contributed by atoms with Crippen LogP contribution in [0.15, 0.2) is 41.3 Å². The number of aromatic carboxylic acids is 1. The van der Waals surface area contributed by atoms with Gasteiger partial charge in [0.25, 0.3) is 0 Å². The molecule has 0 spiro atoms. The van der Waals surface area contributed by atoms with E-state index in [4.69, 9.17) is 4.74 Å². The van der Waals surface area contributed by atoms with Crippen molar-refractivity contribution < 1.29 is 27.8 Å². The van der Waals surface area contributed by atoms with Crippen molar-refractivity contribution >= 4 is 40.6 Å². The van der Waals surface area contributed by atoms with Crippen molar-refractivity contribution in [3.8, 4) is 21.9 Å². The number of aromatic nitrogens is 1. The first-order chi connectivity index (χ1) is 17.2. The summed E-state index contributed by atoms with van der Waals surface area (Å²) in [6.45, 7) is 0. The van der Waals surface area contributed by atoms with Crippen molar-refractivity contribution in [2.24, 2.45) is 0 Å². The number of hydrogen-bond acceptors (Lipinski definition) is 5. The van der Waals surface area contributed by atoms with Crippen molar-refractivity contribution in [1.29, 1.82) is 0 Å². The largest absolute Gasteiger partial charge is 0.494 e. The van der Waals surface area contributed by atoms with E-state index >= 15 is 4.39 Å². The summed E-state index contributed by atoms with van der Waals surface area (Å²) in [6.07, 6.45) is 3.72. The van der Waals surface area contributed by atoms with Gasteiger partial charge in [0.15, 0.2) is 5.75 Å². The number of nitrogens with one attached hydrogen (secondary N) is 1. The summed E-state index contributed by atoms with van der Waals surface area (Å²) in [5.74, 6) is -4.22. The third kappa shape index (κ3) is 4.39. The van der Waals surface area contributed by atoms with Crippen LogP contribution in [0.1, 0.15) is 39.7 Å². The van der Waals surface area contributed by atoms with Gasteiger partial charge in [-0.1, -0.05) is 0 Å². The van der Waals surface area contributed by atoms with Gasteiger partial charge in [0, 0.05) is 28.1 Å². The smallest absolute Gasteiger partial charge is 0.341 e. The van der Waals surface area contributed by atoms with E-state index in [2.05, 4.69) is 5.32 Å². The number of halogens is 4. The van der Waals surface area contributed by atoms with Gasteiger partial charge in [0.2, 0.25) is 5.43 Å². The van der Waals surface area contributed by atoms with Crippen molar-refractivity contribution in [3.63, 3.8) is 0 Å². The van der Waals surface area contributed by atoms with Gasteiger partial charge in [-0.15, -0.1) is 23.7 Å². The maximum absolute atomic E-state index is 15.7. The van der Waals surface area contributed by atoms with Crippen LogP contribution >= 0.6 is 23.7 Å². The Morgan fingerprint density at radius 1 is 1.19 bits per heavy atom. The lowest BCUT2D eigenvalue weighted by molar-refractivity contribution is 0.0695. The zero-order valence-corrected chi connectivity index (χ0v) is 21.4. The minimum atomic E-state index is -1.56. The zero-order valence-electron chi connectivity index (χ0n) is 19.7. The molecule has 2 heterocycles. The monoisotopic (exact) mass is 550 g/mol. The number of fused-ring (bicyclic) bond motifs is 2. The van der Waals surface area contributed by atoms with E-state index in [0.717, 1.165) is 58.7 Å². The van der Waals surface area contributed by atoms with Crippen molar-refractivity contribution in [1.82, 2.24) is 9.88 Å². The van der Waals surface area contributed by atoms with Gasteiger partial charge in [0.05, 0.1) is 23.7 Å². The number of aryl methyl sites for hydroxylation is 1. The third-order valence-corrected chi connectivity index (χ3v) is 7.74. The second kappa shape index (κ2) is 10.2. The Hall–Kier alpha value is -3.34. The van der Waals surface area contributed by atoms with Crippen LogP contribution in [0, 0.1) is 17.5 Å². The molecule has 0 saturated heterocycles. The van der Waals surface area contributed by atoms with Crippen molar-refractivity contribution in [2.45, 2.75) is 25.3 Å². The molecule has 11 heteroatoms. The average Bonchev–Trinajstić information content (AvgIpc) is 3.28. The molecule has 0 radical (unpaired) electrons. The summed E-state index contributed by atoms with van der Waals surface area (Å²) >= 11 is 1.41. The quantitative estimate of drug-likeness (QED) is 0.325. The topological polar surface area (TPSA) is 80.6 Å². The molecule has 2 N–H and O–H groups in total. The van der Waals surface area contributed by atoms with E-state index in [-0.39, 0.29) is 46.4 Å². The Kier molecular flexibility index (Phi) is 7.36. The van der Waals surface area contributed by atoms with Gasteiger partial charge in [-0.2, -0.15) is 0 Å². The molecule has 37 heavy (non-hydrogen) atoms. The fraction of sp³-hybridized carbons (Fsp3) is 0.231. The lowest BCUT2D eigenvalue weighted by Crippen LogP contribution is -2.20. The molecule has 0 amide bonds. The number of ether oxygens (including phenoxy) is 1. The maximum atomic E-state index is 15.7. The molecule has 2 aromatic carbocycles. The SMILES string of the molecule is CNC1CCCc2sc(-c3c(F)cc4c(=O)c(C(=O)O)cn(-c5ccc(F)cc5F)c4c3OC)cc21.Cl. The number of rotatable bonds is 5. The molecule has 1 atom stereocenters. The molecule has 194 valence electrons. The number of hydrogen-bond donors (Lipinski definition) is 2. The van der Waals surface area contributed by atoms with Gasteiger partial charge >= 0.3 is 5.97 Å². The third-order valence-electron chi connectivity index (χ3n) is 6.51. The Balaban J connectivity index is 0.00000320. The molecule has 0 aliphatic heterocycles. The van der Waals surface area contributed by atoms with Crippen LogP contribution in [0.5, 0.6) is 5.75 Å². The van der Waals surface area contributed by atoms with Crippen LogP contribution in [0.4, 0.5) is 13.2 Å². The number of carboxylic acids is 1. The molecule has 0 saturated carbocycles. The van der Waals surface area contributed by atoms with Crippen LogP contribution in [0.3, 0.4) is 0 Å². The van der Waals surface area contributed by atoms with Gasteiger partial charge in [-0.25, -0.2) is 18.0 Å². The fourth-order valence-electron chi connectivity index (χ4n) is 4.85. The Labute approximate surface area is 219 Å². The number of pyridine rings is 1. The average molecular weight is 551 g/mol. The number of nitrogens with zero attached hydrogens (tertiary/aromatic N) is 1. The predicted octanol–water partition coefficient (Wildman–Crippen LogP) is 5.86. The summed E-state index contributed by atoms with van der Waals surface area (Å²) in [7, 11) is 3.16. The lowest BCUT2D eigenvalue weighted by atomic mass is 9.93. The highest BCUT2D eigenvalue weighted by molar-refractivity contribution is 7.15. The van der Waals surface area contributed by atoms with Crippen LogP contribution in [-0.4, -0.2) is 29.8 Å². The molecular weight excluding hydrogens is 529 g/mol. The highest BCUT2D eigenvalue weighted by Crippen LogP contribution is 2.46. The molecule has 4 aromatic rings. The molecule has 1 unspecified atom stereocenters. The number of carboxylic acid groups (broad SMARTS) is 1. The molecule has 2 aromatic heterocycles. The first kappa shape index (κ1) is 26.7. The standard InChI is InChI=1S/C26H21F3N2O4S.ClH/c1-30-18-4-3-5-20-13(18)10-21(36-20)22-17(29)9-14-23(25(22)35-2)31(11-15(24(14)32)26(33)34)19-7-6-12(27)8-16(19)28;/h6-11,18,30H,3-5H2,1-2H3,(H,33,34);1H. The fourth-order valence-corrected chi connectivity index (χ4v) is 6.16. The molecule has 0 fully saturated rings. The van der Waals surface area contributed by atoms with Gasteiger partial charge < -0.3 is 19.7 Å². The van der Waals surface area contributed by atoms with Gasteiger partial charge in [0.1, 0.15) is 28.5 Å². The normalized spacial score (nSPS) is 14.8. The molecule has 6 nitrogen and oxygen atoms in total.